The van der Waals surface area contributed by atoms with Crippen LogP contribution in [0.25, 0.3) is 0 Å². The zero-order chi connectivity index (χ0) is 13.9. The fourth-order valence-electron chi connectivity index (χ4n) is 1.69. The lowest BCUT2D eigenvalue weighted by atomic mass is 10.0. The van der Waals surface area contributed by atoms with Gasteiger partial charge in [0.25, 0.3) is 5.91 Å². The molecule has 5 heteroatoms. The molecule has 1 aromatic rings. The first-order valence-electron chi connectivity index (χ1n) is 5.62. The lowest BCUT2D eigenvalue weighted by Crippen LogP contribution is -2.53. The molecule has 1 amide bonds. The number of hydrogen-bond donors (Lipinski definition) is 1. The molecule has 1 aromatic carbocycles. The van der Waals surface area contributed by atoms with E-state index in [0.717, 1.165) is 3.57 Å². The lowest BCUT2D eigenvalue weighted by molar-refractivity contribution is -0.147. The first-order valence-corrected chi connectivity index (χ1v) is 6.70. The summed E-state index contributed by atoms with van der Waals surface area (Å²) in [6.45, 7) is 5.20. The standard InChI is InChI=1S/C13H16INO3/c1-4-15(13(2,3)12(17)18)11(16)9-7-5-6-8-10(9)14/h5-8H,4H2,1-3H3,(H,17,18). The largest absolute Gasteiger partial charge is 0.480 e. The Hall–Kier alpha value is -1.11. The minimum absolute atomic E-state index is 0.255. The molecule has 0 aliphatic carbocycles. The van der Waals surface area contributed by atoms with E-state index in [2.05, 4.69) is 22.6 Å². The Balaban J connectivity index is 3.16. The van der Waals surface area contributed by atoms with Crippen LogP contribution in [0.3, 0.4) is 0 Å². The Morgan fingerprint density at radius 2 is 1.89 bits per heavy atom. The van der Waals surface area contributed by atoms with Gasteiger partial charge in [-0.2, -0.15) is 0 Å². The minimum Gasteiger partial charge on any atom is -0.480 e. The van der Waals surface area contributed by atoms with Crippen LogP contribution < -0.4 is 0 Å². The van der Waals surface area contributed by atoms with Crippen LogP contribution in [-0.2, 0) is 4.79 Å². The van der Waals surface area contributed by atoms with Crippen molar-refractivity contribution in [1.82, 2.24) is 4.90 Å². The van der Waals surface area contributed by atoms with E-state index in [1.807, 2.05) is 12.1 Å². The van der Waals surface area contributed by atoms with Gasteiger partial charge in [0.15, 0.2) is 0 Å². The quantitative estimate of drug-likeness (QED) is 0.839. The average molecular weight is 361 g/mol. The molecular weight excluding hydrogens is 345 g/mol. The number of amides is 1. The van der Waals surface area contributed by atoms with Crippen LogP contribution in [0.15, 0.2) is 24.3 Å². The van der Waals surface area contributed by atoms with Gasteiger partial charge in [-0.15, -0.1) is 0 Å². The number of carboxylic acid groups (broad SMARTS) is 1. The van der Waals surface area contributed by atoms with Gasteiger partial charge >= 0.3 is 5.97 Å². The van der Waals surface area contributed by atoms with Crippen LogP contribution in [0.1, 0.15) is 31.1 Å². The molecular formula is C13H16INO3. The smallest absolute Gasteiger partial charge is 0.329 e. The van der Waals surface area contributed by atoms with Crippen molar-refractivity contribution < 1.29 is 14.7 Å². The third-order valence-electron chi connectivity index (χ3n) is 2.86. The van der Waals surface area contributed by atoms with Gasteiger partial charge in [-0.25, -0.2) is 4.79 Å². The predicted molar refractivity (Wildman–Crippen MR) is 77.6 cm³/mol. The highest BCUT2D eigenvalue weighted by Crippen LogP contribution is 2.21. The van der Waals surface area contributed by atoms with Crippen molar-refractivity contribution in [3.63, 3.8) is 0 Å². The van der Waals surface area contributed by atoms with E-state index in [1.54, 1.807) is 19.1 Å². The summed E-state index contributed by atoms with van der Waals surface area (Å²) in [6, 6.07) is 7.16. The molecule has 0 bridgehead atoms. The topological polar surface area (TPSA) is 57.6 Å². The molecule has 0 radical (unpaired) electrons. The van der Waals surface area contributed by atoms with Gasteiger partial charge in [-0.1, -0.05) is 12.1 Å². The molecule has 0 saturated heterocycles. The Kier molecular flexibility index (Phi) is 4.72. The number of aliphatic carboxylic acids is 1. The summed E-state index contributed by atoms with van der Waals surface area (Å²) in [5, 5.41) is 9.21. The molecule has 0 spiro atoms. The third-order valence-corrected chi connectivity index (χ3v) is 3.80. The fourth-order valence-corrected chi connectivity index (χ4v) is 2.31. The molecule has 0 aromatic heterocycles. The van der Waals surface area contributed by atoms with Gasteiger partial charge in [0, 0.05) is 10.1 Å². The molecule has 0 aliphatic rings. The molecule has 1 N–H and O–H groups in total. The summed E-state index contributed by atoms with van der Waals surface area (Å²) in [5.74, 6) is -1.27. The highest BCUT2D eigenvalue weighted by molar-refractivity contribution is 14.1. The summed E-state index contributed by atoms with van der Waals surface area (Å²) in [7, 11) is 0. The number of hydrogen-bond acceptors (Lipinski definition) is 2. The Labute approximate surface area is 120 Å². The molecule has 0 saturated carbocycles. The van der Waals surface area contributed by atoms with Gasteiger partial charge in [0.05, 0.1) is 5.56 Å². The van der Waals surface area contributed by atoms with Crippen molar-refractivity contribution in [3.8, 4) is 0 Å². The van der Waals surface area contributed by atoms with Crippen molar-refractivity contribution in [1.29, 1.82) is 0 Å². The number of carbonyl (C=O) groups excluding carboxylic acids is 1. The zero-order valence-electron chi connectivity index (χ0n) is 10.6. The maximum atomic E-state index is 12.4. The van der Waals surface area contributed by atoms with E-state index in [9.17, 15) is 14.7 Å². The van der Waals surface area contributed by atoms with E-state index < -0.39 is 11.5 Å². The monoisotopic (exact) mass is 361 g/mol. The maximum absolute atomic E-state index is 12.4. The van der Waals surface area contributed by atoms with Gasteiger partial charge in [-0.05, 0) is 55.5 Å². The van der Waals surface area contributed by atoms with E-state index in [0.29, 0.717) is 12.1 Å². The molecule has 0 unspecified atom stereocenters. The number of rotatable bonds is 4. The first-order chi connectivity index (χ1) is 8.32. The van der Waals surface area contributed by atoms with Gasteiger partial charge in [0.2, 0.25) is 0 Å². The fraction of sp³-hybridized carbons (Fsp3) is 0.385. The SMILES string of the molecule is CCN(C(=O)c1ccccc1I)C(C)(C)C(=O)O. The second kappa shape index (κ2) is 5.69. The van der Waals surface area contributed by atoms with Crippen molar-refractivity contribution in [2.45, 2.75) is 26.3 Å². The minimum atomic E-state index is -1.22. The molecule has 1 rings (SSSR count). The Bertz CT molecular complexity index is 471. The predicted octanol–water partition coefficient (Wildman–Crippen LogP) is 2.62. The first kappa shape index (κ1) is 14.9. The second-order valence-corrected chi connectivity index (χ2v) is 5.56. The van der Waals surface area contributed by atoms with Crippen LogP contribution in [0, 0.1) is 3.57 Å². The molecule has 98 valence electrons. The van der Waals surface area contributed by atoms with Crippen LogP contribution in [0.5, 0.6) is 0 Å². The Morgan fingerprint density at radius 3 is 2.33 bits per heavy atom. The van der Waals surface area contributed by atoms with Crippen molar-refractivity contribution >= 4 is 34.5 Å². The summed E-state index contributed by atoms with van der Waals surface area (Å²) in [4.78, 5) is 25.0. The summed E-state index contributed by atoms with van der Waals surface area (Å²) < 4.78 is 0.819. The normalized spacial score (nSPS) is 11.1. The average Bonchev–Trinajstić information content (AvgIpc) is 2.29. The summed E-state index contributed by atoms with van der Waals surface area (Å²) >= 11 is 2.08. The van der Waals surface area contributed by atoms with E-state index in [4.69, 9.17) is 0 Å². The molecule has 0 aliphatic heterocycles. The van der Waals surface area contributed by atoms with Crippen LogP contribution in [-0.4, -0.2) is 34.0 Å². The van der Waals surface area contributed by atoms with E-state index in [-0.39, 0.29) is 5.91 Å². The number of halogens is 1. The van der Waals surface area contributed by atoms with Crippen molar-refractivity contribution in [2.24, 2.45) is 0 Å². The maximum Gasteiger partial charge on any atom is 0.329 e. The van der Waals surface area contributed by atoms with Crippen molar-refractivity contribution in [3.05, 3.63) is 33.4 Å². The highest BCUT2D eigenvalue weighted by Gasteiger charge is 2.37. The molecule has 0 heterocycles. The number of benzene rings is 1. The van der Waals surface area contributed by atoms with Gasteiger partial charge < -0.3 is 10.0 Å². The van der Waals surface area contributed by atoms with Crippen LogP contribution in [0.4, 0.5) is 0 Å². The molecule has 0 fully saturated rings. The van der Waals surface area contributed by atoms with Crippen molar-refractivity contribution in [2.75, 3.05) is 6.54 Å². The van der Waals surface area contributed by atoms with Gasteiger partial charge in [-0.3, -0.25) is 4.79 Å². The van der Waals surface area contributed by atoms with E-state index in [1.165, 1.54) is 18.7 Å². The Morgan fingerprint density at radius 1 is 1.33 bits per heavy atom. The number of nitrogens with zero attached hydrogens (tertiary/aromatic N) is 1. The third kappa shape index (κ3) is 2.82. The highest BCUT2D eigenvalue weighted by atomic mass is 127. The molecule has 18 heavy (non-hydrogen) atoms. The number of carboxylic acids is 1. The van der Waals surface area contributed by atoms with E-state index >= 15 is 0 Å². The van der Waals surface area contributed by atoms with Crippen LogP contribution >= 0.6 is 22.6 Å². The summed E-state index contributed by atoms with van der Waals surface area (Å²) in [6.07, 6.45) is 0. The van der Waals surface area contributed by atoms with Gasteiger partial charge in [0.1, 0.15) is 5.54 Å². The molecule has 4 nitrogen and oxygen atoms in total. The zero-order valence-corrected chi connectivity index (χ0v) is 12.8. The van der Waals surface area contributed by atoms with Crippen LogP contribution in [0.2, 0.25) is 0 Å². The molecule has 0 atom stereocenters. The summed E-state index contributed by atoms with van der Waals surface area (Å²) in [5.41, 5.74) is -0.681. The number of carbonyl (C=O) groups is 2. The number of likely N-dealkylation sites (N-methyl/N-ethyl adjacent to an activating group) is 1. The lowest BCUT2D eigenvalue weighted by Gasteiger charge is -2.34. The second-order valence-electron chi connectivity index (χ2n) is 4.39.